The highest BCUT2D eigenvalue weighted by Crippen LogP contribution is 2.27. The number of nitrogens with zero attached hydrogens (tertiary/aromatic N) is 1. The van der Waals surface area contributed by atoms with Crippen molar-refractivity contribution < 1.29 is 4.48 Å². The van der Waals surface area contributed by atoms with E-state index in [0.717, 1.165) is 24.0 Å². The molecule has 0 aliphatic rings. The van der Waals surface area contributed by atoms with Crippen LogP contribution in [0.2, 0.25) is 0 Å². The van der Waals surface area contributed by atoms with E-state index in [0.29, 0.717) is 12.0 Å². The molecule has 0 saturated carbocycles. The van der Waals surface area contributed by atoms with Gasteiger partial charge in [0.05, 0.1) is 20.1 Å². The molecule has 0 amide bonds. The number of quaternary nitrogens is 1. The normalized spacial score (nSPS) is 12.5. The topological polar surface area (TPSA) is 0 Å². The van der Waals surface area contributed by atoms with Crippen molar-refractivity contribution in [3.63, 3.8) is 0 Å². The summed E-state index contributed by atoms with van der Waals surface area (Å²) in [6.45, 7) is 8.98. The van der Waals surface area contributed by atoms with Crippen molar-refractivity contribution in [1.82, 2.24) is 0 Å². The molecule has 0 aliphatic heterocycles. The molecule has 2 aromatic rings. The molecule has 1 atom stereocenters. The Bertz CT molecular complexity index is 620. The summed E-state index contributed by atoms with van der Waals surface area (Å²) >= 11 is 0. The van der Waals surface area contributed by atoms with E-state index in [-0.39, 0.29) is 0 Å². The van der Waals surface area contributed by atoms with Crippen LogP contribution in [0, 0.1) is 11.8 Å². The second-order valence-electron chi connectivity index (χ2n) is 6.69. The van der Waals surface area contributed by atoms with Gasteiger partial charge in [-0.05, 0) is 37.8 Å². The first-order valence-electron chi connectivity index (χ1n) is 9.03. The molecular weight excluding hydrogens is 290 g/mol. The molecule has 0 saturated heterocycles. The van der Waals surface area contributed by atoms with Gasteiger partial charge in [0.25, 0.3) is 0 Å². The first kappa shape index (κ1) is 18.3. The van der Waals surface area contributed by atoms with Crippen molar-refractivity contribution in [1.29, 1.82) is 0 Å². The largest absolute Gasteiger partial charge is 0.314 e. The highest BCUT2D eigenvalue weighted by atomic mass is 15.3. The Morgan fingerprint density at radius 3 is 1.71 bits per heavy atom. The summed E-state index contributed by atoms with van der Waals surface area (Å²) in [6, 6.07) is 21.8. The van der Waals surface area contributed by atoms with Crippen LogP contribution in [-0.4, -0.2) is 30.7 Å². The maximum absolute atomic E-state index is 3.52. The second-order valence-corrected chi connectivity index (χ2v) is 6.69. The molecule has 1 unspecified atom stereocenters. The smallest absolute Gasteiger partial charge is 0.147 e. The van der Waals surface area contributed by atoms with Crippen LogP contribution in [0.5, 0.6) is 0 Å². The third-order valence-electron chi connectivity index (χ3n) is 5.40. The number of hydrogen-bond donors (Lipinski definition) is 0. The van der Waals surface area contributed by atoms with E-state index < -0.39 is 0 Å². The molecule has 2 rings (SSSR count). The van der Waals surface area contributed by atoms with Gasteiger partial charge in [-0.1, -0.05) is 66.6 Å². The van der Waals surface area contributed by atoms with Gasteiger partial charge in [0.2, 0.25) is 0 Å². The summed E-state index contributed by atoms with van der Waals surface area (Å²) in [4.78, 5) is 0. The number of benzene rings is 2. The average molecular weight is 320 g/mol. The Morgan fingerprint density at radius 1 is 0.833 bits per heavy atom. The van der Waals surface area contributed by atoms with E-state index in [1.54, 1.807) is 0 Å². The van der Waals surface area contributed by atoms with Crippen molar-refractivity contribution in [3.8, 4) is 11.8 Å². The molecule has 0 radical (unpaired) electrons. The van der Waals surface area contributed by atoms with Crippen LogP contribution >= 0.6 is 0 Å². The third-order valence-corrected chi connectivity index (χ3v) is 5.40. The molecule has 1 nitrogen and oxygen atoms in total. The number of hydrogen-bond acceptors (Lipinski definition) is 0. The van der Waals surface area contributed by atoms with Crippen LogP contribution in [0.25, 0.3) is 0 Å². The fourth-order valence-electron chi connectivity index (χ4n) is 3.03. The minimum atomic E-state index is 0.342. The van der Waals surface area contributed by atoms with Crippen molar-refractivity contribution in [3.05, 3.63) is 71.8 Å². The van der Waals surface area contributed by atoms with Crippen molar-refractivity contribution in [2.75, 3.05) is 20.1 Å². The molecule has 0 bridgehead atoms. The predicted molar refractivity (Wildman–Crippen MR) is 104 cm³/mol. The van der Waals surface area contributed by atoms with E-state index in [4.69, 9.17) is 0 Å². The van der Waals surface area contributed by atoms with Gasteiger partial charge in [-0.25, -0.2) is 0 Å². The molecular formula is C23H30N+. The summed E-state index contributed by atoms with van der Waals surface area (Å²) in [7, 11) is 2.30. The summed E-state index contributed by atoms with van der Waals surface area (Å²) in [5.74, 6) is 7.35. The SMILES string of the molecule is CC[N+](C)(CC)C(C)C#CCC(c1ccccc1)c1ccccc1. The van der Waals surface area contributed by atoms with Crippen LogP contribution < -0.4 is 0 Å². The highest BCUT2D eigenvalue weighted by Gasteiger charge is 2.23. The monoisotopic (exact) mass is 320 g/mol. The Kier molecular flexibility index (Phi) is 6.64. The summed E-state index contributed by atoms with van der Waals surface area (Å²) in [5.41, 5.74) is 2.68. The lowest BCUT2D eigenvalue weighted by molar-refractivity contribution is -0.920. The maximum atomic E-state index is 3.52. The van der Waals surface area contributed by atoms with Gasteiger partial charge in [-0.3, -0.25) is 0 Å². The van der Waals surface area contributed by atoms with Crippen LogP contribution in [0.4, 0.5) is 0 Å². The lowest BCUT2D eigenvalue weighted by Gasteiger charge is -2.35. The lowest BCUT2D eigenvalue weighted by Crippen LogP contribution is -2.49. The number of rotatable bonds is 6. The van der Waals surface area contributed by atoms with Crippen LogP contribution in [0.15, 0.2) is 60.7 Å². The van der Waals surface area contributed by atoms with Crippen LogP contribution in [0.1, 0.15) is 44.2 Å². The quantitative estimate of drug-likeness (QED) is 0.514. The maximum Gasteiger partial charge on any atom is 0.147 e. The van der Waals surface area contributed by atoms with E-state index in [1.807, 2.05) is 0 Å². The van der Waals surface area contributed by atoms with Gasteiger partial charge in [0, 0.05) is 12.3 Å². The van der Waals surface area contributed by atoms with Gasteiger partial charge in [0.15, 0.2) is 0 Å². The Morgan fingerprint density at radius 2 is 1.29 bits per heavy atom. The molecule has 126 valence electrons. The minimum absolute atomic E-state index is 0.342. The van der Waals surface area contributed by atoms with Crippen molar-refractivity contribution in [2.45, 2.75) is 39.2 Å². The molecule has 0 aliphatic carbocycles. The fraction of sp³-hybridized carbons (Fsp3) is 0.391. The molecule has 1 heteroatoms. The van der Waals surface area contributed by atoms with E-state index >= 15 is 0 Å². The molecule has 0 N–H and O–H groups in total. The zero-order valence-corrected chi connectivity index (χ0v) is 15.5. The van der Waals surface area contributed by atoms with Crippen molar-refractivity contribution >= 4 is 0 Å². The molecule has 0 heterocycles. The van der Waals surface area contributed by atoms with Gasteiger partial charge in [0.1, 0.15) is 6.04 Å². The Hall–Kier alpha value is -2.04. The minimum Gasteiger partial charge on any atom is -0.314 e. The van der Waals surface area contributed by atoms with Gasteiger partial charge >= 0.3 is 0 Å². The summed E-state index contributed by atoms with van der Waals surface area (Å²) in [6.07, 6.45) is 0.867. The van der Waals surface area contributed by atoms with Crippen LogP contribution in [-0.2, 0) is 0 Å². The van der Waals surface area contributed by atoms with E-state index in [1.165, 1.54) is 11.1 Å². The third kappa shape index (κ3) is 4.49. The fourth-order valence-corrected chi connectivity index (χ4v) is 3.03. The Labute approximate surface area is 147 Å². The van der Waals surface area contributed by atoms with Crippen molar-refractivity contribution in [2.24, 2.45) is 0 Å². The average Bonchev–Trinajstić information content (AvgIpc) is 2.65. The molecule has 0 fully saturated rings. The van der Waals surface area contributed by atoms with Gasteiger partial charge < -0.3 is 4.48 Å². The van der Waals surface area contributed by atoms with E-state index in [9.17, 15) is 0 Å². The van der Waals surface area contributed by atoms with Gasteiger partial charge in [-0.2, -0.15) is 0 Å². The zero-order chi connectivity index (χ0) is 17.4. The molecule has 2 aromatic carbocycles. The zero-order valence-electron chi connectivity index (χ0n) is 15.5. The van der Waals surface area contributed by atoms with E-state index in [2.05, 4.69) is 100 Å². The lowest BCUT2D eigenvalue weighted by atomic mass is 9.89. The second kappa shape index (κ2) is 8.71. The first-order valence-corrected chi connectivity index (χ1v) is 9.03. The molecule has 24 heavy (non-hydrogen) atoms. The van der Waals surface area contributed by atoms with Gasteiger partial charge in [-0.15, -0.1) is 0 Å². The molecule has 0 aromatic heterocycles. The van der Waals surface area contributed by atoms with Crippen LogP contribution in [0.3, 0.4) is 0 Å². The summed E-state index contributed by atoms with van der Waals surface area (Å²) in [5, 5.41) is 0. The summed E-state index contributed by atoms with van der Waals surface area (Å²) < 4.78 is 1.01. The predicted octanol–water partition coefficient (Wildman–Crippen LogP) is 5.09. The first-order chi connectivity index (χ1) is 11.6. The standard InChI is InChI=1S/C23H30N/c1-5-24(4,6-2)20(3)14-13-19-23(21-15-9-7-10-16-21)22-17-11-8-12-18-22/h7-12,15-18,20,23H,5-6,19H2,1-4H3/q+1. The highest BCUT2D eigenvalue weighted by molar-refractivity contribution is 5.34. The molecule has 0 spiro atoms. The Balaban J connectivity index is 2.21.